The minimum absolute atomic E-state index is 0.299. The van der Waals surface area contributed by atoms with Gasteiger partial charge in [-0.25, -0.2) is 13.4 Å². The van der Waals surface area contributed by atoms with Gasteiger partial charge in [0, 0.05) is 5.38 Å². The Morgan fingerprint density at radius 1 is 1.41 bits per heavy atom. The SMILES string of the molecule is CCOC(=O)C(CC)(CC)c1csc(NS(=O)(=O)C2CC2)n1. The molecule has 0 atom stereocenters. The fraction of sp³-hybridized carbons (Fsp3) is 0.714. The molecule has 0 bridgehead atoms. The van der Waals surface area contributed by atoms with Crippen LogP contribution in [0, 0.1) is 0 Å². The predicted molar refractivity (Wildman–Crippen MR) is 86.6 cm³/mol. The molecule has 1 aromatic heterocycles. The van der Waals surface area contributed by atoms with Crippen molar-refractivity contribution in [3.8, 4) is 0 Å². The number of hydrogen-bond donors (Lipinski definition) is 1. The summed E-state index contributed by atoms with van der Waals surface area (Å²) in [6.45, 7) is 5.90. The first-order valence-electron chi connectivity index (χ1n) is 7.54. The predicted octanol–water partition coefficient (Wildman–Crippen LogP) is 2.67. The molecule has 22 heavy (non-hydrogen) atoms. The Morgan fingerprint density at radius 2 is 2.05 bits per heavy atom. The highest BCUT2D eigenvalue weighted by atomic mass is 32.2. The highest BCUT2D eigenvalue weighted by Crippen LogP contribution is 2.36. The lowest BCUT2D eigenvalue weighted by Crippen LogP contribution is -2.36. The van der Waals surface area contributed by atoms with Crippen LogP contribution in [0.1, 0.15) is 52.1 Å². The Kier molecular flexibility index (Phi) is 5.11. The Bertz CT molecular complexity index is 631. The first kappa shape index (κ1) is 17.2. The van der Waals surface area contributed by atoms with Crippen molar-refractivity contribution < 1.29 is 17.9 Å². The van der Waals surface area contributed by atoms with E-state index in [9.17, 15) is 13.2 Å². The summed E-state index contributed by atoms with van der Waals surface area (Å²) in [5.41, 5.74) is -0.232. The Balaban J connectivity index is 2.25. The van der Waals surface area contributed by atoms with Crippen LogP contribution in [0.25, 0.3) is 0 Å². The number of ether oxygens (including phenoxy) is 1. The molecule has 0 radical (unpaired) electrons. The van der Waals surface area contributed by atoms with Crippen LogP contribution in [0.15, 0.2) is 5.38 Å². The smallest absolute Gasteiger partial charge is 0.318 e. The number of aromatic nitrogens is 1. The van der Waals surface area contributed by atoms with E-state index in [4.69, 9.17) is 4.74 Å². The molecule has 1 fully saturated rings. The Labute approximate surface area is 135 Å². The molecule has 0 aromatic carbocycles. The normalized spacial score (nSPS) is 15.6. The first-order chi connectivity index (χ1) is 10.4. The van der Waals surface area contributed by atoms with E-state index in [0.29, 0.717) is 43.1 Å². The van der Waals surface area contributed by atoms with Crippen LogP contribution >= 0.6 is 11.3 Å². The fourth-order valence-corrected chi connectivity index (χ4v) is 4.80. The van der Waals surface area contributed by atoms with Gasteiger partial charge in [-0.05, 0) is 32.6 Å². The van der Waals surface area contributed by atoms with Crippen molar-refractivity contribution in [2.75, 3.05) is 11.3 Å². The van der Waals surface area contributed by atoms with Gasteiger partial charge < -0.3 is 4.74 Å². The van der Waals surface area contributed by atoms with E-state index >= 15 is 0 Å². The summed E-state index contributed by atoms with van der Waals surface area (Å²) in [6.07, 6.45) is 2.51. The van der Waals surface area contributed by atoms with Gasteiger partial charge in [0.25, 0.3) is 0 Å². The van der Waals surface area contributed by atoms with E-state index in [0.717, 1.165) is 0 Å². The standard InChI is InChI=1S/C14H22N2O4S2/c1-4-14(5-2,12(17)20-6-3)11-9-21-13(15-11)16-22(18,19)10-7-8-10/h9-10H,4-8H2,1-3H3,(H,15,16). The molecule has 1 aliphatic rings. The zero-order valence-electron chi connectivity index (χ0n) is 13.1. The summed E-state index contributed by atoms with van der Waals surface area (Å²) < 4.78 is 31.6. The monoisotopic (exact) mass is 346 g/mol. The van der Waals surface area contributed by atoms with E-state index in [1.165, 1.54) is 11.3 Å². The average Bonchev–Trinajstić information content (AvgIpc) is 3.24. The lowest BCUT2D eigenvalue weighted by molar-refractivity contribution is -0.150. The van der Waals surface area contributed by atoms with Crippen molar-refractivity contribution in [2.45, 2.75) is 57.1 Å². The molecule has 8 heteroatoms. The minimum atomic E-state index is -3.33. The summed E-state index contributed by atoms with van der Waals surface area (Å²) in [4.78, 5) is 16.7. The summed E-state index contributed by atoms with van der Waals surface area (Å²) in [7, 11) is -3.33. The molecule has 1 saturated carbocycles. The Morgan fingerprint density at radius 3 is 2.55 bits per heavy atom. The highest BCUT2D eigenvalue weighted by Gasteiger charge is 2.41. The van der Waals surface area contributed by atoms with E-state index in [1.807, 2.05) is 13.8 Å². The molecule has 1 N–H and O–H groups in total. The van der Waals surface area contributed by atoms with Crippen LogP contribution in [-0.2, 0) is 25.0 Å². The van der Waals surface area contributed by atoms with Crippen molar-refractivity contribution in [2.24, 2.45) is 0 Å². The van der Waals surface area contributed by atoms with Gasteiger partial charge in [-0.2, -0.15) is 0 Å². The lowest BCUT2D eigenvalue weighted by atomic mass is 9.80. The van der Waals surface area contributed by atoms with Gasteiger partial charge in [0.1, 0.15) is 5.41 Å². The van der Waals surface area contributed by atoms with Crippen LogP contribution in [0.5, 0.6) is 0 Å². The zero-order valence-corrected chi connectivity index (χ0v) is 14.7. The van der Waals surface area contributed by atoms with Crippen molar-refractivity contribution in [3.05, 3.63) is 11.1 Å². The summed E-state index contributed by atoms with van der Waals surface area (Å²) >= 11 is 1.21. The molecule has 124 valence electrons. The molecule has 2 rings (SSSR count). The zero-order chi connectivity index (χ0) is 16.4. The Hall–Kier alpha value is -1.15. The van der Waals surface area contributed by atoms with Gasteiger partial charge in [0.2, 0.25) is 10.0 Å². The molecule has 0 spiro atoms. The van der Waals surface area contributed by atoms with Crippen LogP contribution in [0.2, 0.25) is 0 Å². The van der Waals surface area contributed by atoms with Crippen LogP contribution in [0.4, 0.5) is 5.13 Å². The number of esters is 1. The first-order valence-corrected chi connectivity index (χ1v) is 9.97. The maximum atomic E-state index is 12.3. The van der Waals surface area contributed by atoms with Gasteiger partial charge >= 0.3 is 5.97 Å². The third-order valence-corrected chi connectivity index (χ3v) is 6.77. The average molecular weight is 346 g/mol. The lowest BCUT2D eigenvalue weighted by Gasteiger charge is -2.27. The molecule has 6 nitrogen and oxygen atoms in total. The summed E-state index contributed by atoms with van der Waals surface area (Å²) in [6, 6.07) is 0. The van der Waals surface area contributed by atoms with Crippen molar-refractivity contribution in [3.63, 3.8) is 0 Å². The van der Waals surface area contributed by atoms with Crippen molar-refractivity contribution >= 4 is 32.5 Å². The second-order valence-corrected chi connectivity index (χ2v) is 8.21. The molecule has 1 aromatic rings. The largest absolute Gasteiger partial charge is 0.465 e. The van der Waals surface area contributed by atoms with Gasteiger partial charge in [-0.3, -0.25) is 9.52 Å². The molecule has 0 saturated heterocycles. The van der Waals surface area contributed by atoms with Crippen molar-refractivity contribution in [1.29, 1.82) is 0 Å². The molecule has 1 heterocycles. The molecule has 0 aliphatic heterocycles. The number of sulfonamides is 1. The van der Waals surface area contributed by atoms with E-state index in [-0.39, 0.29) is 11.2 Å². The van der Waals surface area contributed by atoms with Crippen LogP contribution in [0.3, 0.4) is 0 Å². The van der Waals surface area contributed by atoms with E-state index in [1.54, 1.807) is 12.3 Å². The molecular formula is C14H22N2O4S2. The number of rotatable bonds is 8. The summed E-state index contributed by atoms with van der Waals surface area (Å²) in [5.74, 6) is -0.304. The number of nitrogens with one attached hydrogen (secondary N) is 1. The highest BCUT2D eigenvalue weighted by molar-refractivity contribution is 7.93. The van der Waals surface area contributed by atoms with Crippen LogP contribution in [-0.4, -0.2) is 31.2 Å². The second kappa shape index (κ2) is 6.54. The molecule has 0 amide bonds. The molecule has 1 aliphatic carbocycles. The fourth-order valence-electron chi connectivity index (χ4n) is 2.40. The topological polar surface area (TPSA) is 85.4 Å². The number of hydrogen-bond acceptors (Lipinski definition) is 6. The third kappa shape index (κ3) is 3.27. The van der Waals surface area contributed by atoms with Gasteiger partial charge in [0.05, 0.1) is 17.6 Å². The number of anilines is 1. The number of thiazole rings is 1. The quantitative estimate of drug-likeness (QED) is 0.732. The van der Waals surface area contributed by atoms with Gasteiger partial charge in [-0.1, -0.05) is 13.8 Å². The van der Waals surface area contributed by atoms with Crippen LogP contribution < -0.4 is 4.72 Å². The number of nitrogens with zero attached hydrogens (tertiary/aromatic N) is 1. The minimum Gasteiger partial charge on any atom is -0.465 e. The second-order valence-electron chi connectivity index (χ2n) is 5.39. The van der Waals surface area contributed by atoms with Crippen molar-refractivity contribution in [1.82, 2.24) is 4.98 Å². The maximum Gasteiger partial charge on any atom is 0.318 e. The van der Waals surface area contributed by atoms with Gasteiger partial charge in [-0.15, -0.1) is 11.3 Å². The third-order valence-electron chi connectivity index (χ3n) is 4.06. The van der Waals surface area contributed by atoms with Gasteiger partial charge in [0.15, 0.2) is 5.13 Å². The van der Waals surface area contributed by atoms with E-state index in [2.05, 4.69) is 9.71 Å². The molecular weight excluding hydrogens is 324 g/mol. The van der Waals surface area contributed by atoms with E-state index < -0.39 is 15.4 Å². The number of carbonyl (C=O) groups excluding carboxylic acids is 1. The number of carbonyl (C=O) groups is 1. The maximum absolute atomic E-state index is 12.3. The molecule has 0 unspecified atom stereocenters. The summed E-state index contributed by atoms with van der Waals surface area (Å²) in [5, 5.41) is 1.76.